The van der Waals surface area contributed by atoms with Crippen LogP contribution in [0.15, 0.2) is 12.2 Å². The molecule has 4 aliphatic rings. The zero-order valence-corrected chi connectivity index (χ0v) is 15.1. The van der Waals surface area contributed by atoms with E-state index in [1.165, 1.54) is 6.92 Å². The van der Waals surface area contributed by atoms with Gasteiger partial charge in [0.2, 0.25) is 0 Å². The van der Waals surface area contributed by atoms with E-state index in [0.29, 0.717) is 10.7 Å². The summed E-state index contributed by atoms with van der Waals surface area (Å²) in [5, 5.41) is 0. The predicted octanol–water partition coefficient (Wildman–Crippen LogP) is 3.93. The van der Waals surface area contributed by atoms with Gasteiger partial charge < -0.3 is 4.74 Å². The first-order valence-corrected chi connectivity index (χ1v) is 9.03. The maximum Gasteiger partial charge on any atom is 0.302 e. The molecule has 2 fully saturated rings. The highest BCUT2D eigenvalue weighted by Gasteiger charge is 2.54. The number of ether oxygens (including phenoxy) is 1. The van der Waals surface area contributed by atoms with Gasteiger partial charge >= 0.3 is 5.97 Å². The van der Waals surface area contributed by atoms with E-state index in [-0.39, 0.29) is 23.6 Å². The second-order valence-corrected chi connectivity index (χ2v) is 8.84. The van der Waals surface area contributed by atoms with Gasteiger partial charge in [0, 0.05) is 11.8 Å². The number of fused-ring (bicyclic) bond motifs is 2. The summed E-state index contributed by atoms with van der Waals surface area (Å²) in [7, 11) is 0. The molecule has 22 heavy (non-hydrogen) atoms. The van der Waals surface area contributed by atoms with Crippen LogP contribution < -0.4 is 0 Å². The van der Waals surface area contributed by atoms with E-state index in [1.54, 1.807) is 0 Å². The molecule has 0 aromatic heterocycles. The van der Waals surface area contributed by atoms with Gasteiger partial charge in [0.1, 0.15) is 12.2 Å². The van der Waals surface area contributed by atoms with Crippen LogP contribution in [0.2, 0.25) is 0 Å². The molecule has 2 heterocycles. The monoisotopic (exact) mass is 372 g/mol. The molecule has 2 aliphatic heterocycles. The van der Waals surface area contributed by atoms with E-state index in [1.807, 2.05) is 0 Å². The molecule has 124 valence electrons. The Hall–Kier alpha value is -0.390. The first-order chi connectivity index (χ1) is 10.3. The molecule has 0 N–H and O–H groups in total. The van der Waals surface area contributed by atoms with Gasteiger partial charge in [-0.3, -0.25) is 4.79 Å². The highest BCUT2D eigenvalue weighted by molar-refractivity contribution is 9.09. The van der Waals surface area contributed by atoms with Gasteiger partial charge in [0.15, 0.2) is 5.60 Å². The lowest BCUT2D eigenvalue weighted by molar-refractivity contribution is -0.441. The lowest BCUT2D eigenvalue weighted by atomic mass is 9.63. The minimum absolute atomic E-state index is 0.231. The van der Waals surface area contributed by atoms with Crippen molar-refractivity contribution in [1.82, 2.24) is 0 Å². The van der Waals surface area contributed by atoms with Crippen LogP contribution in [0.4, 0.5) is 0 Å². The molecule has 1 saturated carbocycles. The van der Waals surface area contributed by atoms with Crippen molar-refractivity contribution in [1.29, 1.82) is 0 Å². The van der Waals surface area contributed by atoms with E-state index in [4.69, 9.17) is 14.5 Å². The summed E-state index contributed by atoms with van der Waals surface area (Å²) >= 11 is 3.81. The van der Waals surface area contributed by atoms with Crippen molar-refractivity contribution < 1.29 is 19.3 Å². The minimum atomic E-state index is -0.588. The number of halogens is 1. The number of hydrogen-bond acceptors (Lipinski definition) is 4. The average molecular weight is 373 g/mol. The fourth-order valence-electron chi connectivity index (χ4n) is 3.96. The molecule has 0 amide bonds. The van der Waals surface area contributed by atoms with E-state index < -0.39 is 5.60 Å². The lowest BCUT2D eigenvalue weighted by Crippen LogP contribution is -2.56. The predicted molar refractivity (Wildman–Crippen MR) is 86.5 cm³/mol. The van der Waals surface area contributed by atoms with Crippen molar-refractivity contribution in [2.75, 3.05) is 6.61 Å². The fraction of sp³-hybridized carbons (Fsp3) is 0.824. The zero-order chi connectivity index (χ0) is 16.0. The quantitative estimate of drug-likeness (QED) is 0.326. The van der Waals surface area contributed by atoms with E-state index in [0.717, 1.165) is 32.1 Å². The third kappa shape index (κ3) is 2.87. The van der Waals surface area contributed by atoms with Gasteiger partial charge in [-0.25, -0.2) is 9.78 Å². The Morgan fingerprint density at radius 2 is 2.05 bits per heavy atom. The molecule has 0 aromatic carbocycles. The summed E-state index contributed by atoms with van der Waals surface area (Å²) < 4.78 is 5.12. The largest absolute Gasteiger partial charge is 0.462 e. The Morgan fingerprint density at radius 3 is 2.55 bits per heavy atom. The van der Waals surface area contributed by atoms with Crippen LogP contribution >= 0.6 is 15.9 Å². The van der Waals surface area contributed by atoms with Crippen LogP contribution in [0.25, 0.3) is 0 Å². The van der Waals surface area contributed by atoms with Crippen molar-refractivity contribution in [3.8, 4) is 0 Å². The van der Waals surface area contributed by atoms with Gasteiger partial charge in [-0.1, -0.05) is 35.9 Å². The normalized spacial score (nSPS) is 43.1. The van der Waals surface area contributed by atoms with Crippen molar-refractivity contribution in [2.24, 2.45) is 11.3 Å². The summed E-state index contributed by atoms with van der Waals surface area (Å²) in [6.45, 7) is 6.28. The maximum atomic E-state index is 11.0. The number of alkyl halides is 1. The molecule has 4 rings (SSSR count). The highest BCUT2D eigenvalue weighted by atomic mass is 79.9. The van der Waals surface area contributed by atoms with Crippen molar-refractivity contribution in [3.05, 3.63) is 12.2 Å². The molecule has 4 atom stereocenters. The molecule has 5 heteroatoms. The topological polar surface area (TPSA) is 44.8 Å². The summed E-state index contributed by atoms with van der Waals surface area (Å²) in [6, 6.07) is 0. The van der Waals surface area contributed by atoms with Crippen LogP contribution in [0.3, 0.4) is 0 Å². The van der Waals surface area contributed by atoms with Gasteiger partial charge in [0.05, 0.1) is 0 Å². The van der Waals surface area contributed by atoms with Crippen molar-refractivity contribution >= 4 is 21.9 Å². The number of rotatable bonds is 3. The molecule has 0 unspecified atom stereocenters. The molecule has 4 nitrogen and oxygen atoms in total. The summed E-state index contributed by atoms with van der Waals surface area (Å²) in [6.07, 6.45) is 9.41. The second kappa shape index (κ2) is 5.60. The summed E-state index contributed by atoms with van der Waals surface area (Å²) in [5.74, 6) is 0.186. The molecule has 0 radical (unpaired) electrons. The summed E-state index contributed by atoms with van der Waals surface area (Å²) in [5.41, 5.74) is -0.628. The average Bonchev–Trinajstić information content (AvgIpc) is 2.50. The standard InChI is InChI=1S/C17H25BrO4/c1-12(19)20-11-16-6-8-17(9-7-16,22-21-16)13-4-5-14(18)15(2,3)10-13/h6,8,13-14H,4-5,7,9-11H2,1-3H3/t13-,14-,16+,17-/m0/s1. The van der Waals surface area contributed by atoms with Crippen molar-refractivity contribution in [3.63, 3.8) is 0 Å². The van der Waals surface area contributed by atoms with Gasteiger partial charge in [-0.15, -0.1) is 0 Å². The van der Waals surface area contributed by atoms with Crippen LogP contribution in [0, 0.1) is 11.3 Å². The third-order valence-corrected chi connectivity index (χ3v) is 7.27. The van der Waals surface area contributed by atoms with Crippen molar-refractivity contribution in [2.45, 2.75) is 68.9 Å². The molecule has 2 aliphatic carbocycles. The molecule has 2 bridgehead atoms. The Labute approximate surface area is 140 Å². The van der Waals surface area contributed by atoms with E-state index in [9.17, 15) is 4.79 Å². The fourth-order valence-corrected chi connectivity index (χ4v) is 4.41. The SMILES string of the molecule is CC(=O)OC[C@@]12C=C[C@@]([C@H]3CC[C@H](Br)C(C)(C)C3)(CC1)OO2. The molecule has 0 aromatic rings. The molecule has 1 saturated heterocycles. The molecular weight excluding hydrogens is 348 g/mol. The third-order valence-electron chi connectivity index (χ3n) is 5.57. The number of carbonyl (C=O) groups is 1. The lowest BCUT2D eigenvalue weighted by Gasteiger charge is -2.53. The van der Waals surface area contributed by atoms with Crippen LogP contribution in [-0.2, 0) is 19.3 Å². The molecular formula is C17H25BrO4. The van der Waals surface area contributed by atoms with Crippen LogP contribution in [0.5, 0.6) is 0 Å². The van der Waals surface area contributed by atoms with E-state index >= 15 is 0 Å². The highest BCUT2D eigenvalue weighted by Crippen LogP contribution is 2.53. The van der Waals surface area contributed by atoms with Gasteiger partial charge in [-0.2, -0.15) is 0 Å². The first-order valence-electron chi connectivity index (χ1n) is 8.12. The Morgan fingerprint density at radius 1 is 1.27 bits per heavy atom. The smallest absolute Gasteiger partial charge is 0.302 e. The second-order valence-electron chi connectivity index (χ2n) is 7.73. The summed E-state index contributed by atoms with van der Waals surface area (Å²) in [4.78, 5) is 23.2. The Kier molecular flexibility index (Phi) is 4.19. The van der Waals surface area contributed by atoms with Gasteiger partial charge in [-0.05, 0) is 49.5 Å². The van der Waals surface area contributed by atoms with Crippen LogP contribution in [-0.4, -0.2) is 28.6 Å². The molecule has 0 spiro atoms. The number of carbonyl (C=O) groups excluding carboxylic acids is 1. The van der Waals surface area contributed by atoms with Gasteiger partial charge in [0.25, 0.3) is 0 Å². The zero-order valence-electron chi connectivity index (χ0n) is 13.6. The number of hydrogen-bond donors (Lipinski definition) is 0. The van der Waals surface area contributed by atoms with Crippen LogP contribution in [0.1, 0.15) is 52.9 Å². The number of esters is 1. The Balaban J connectivity index is 1.72. The maximum absolute atomic E-state index is 11.0. The minimum Gasteiger partial charge on any atom is -0.462 e. The Bertz CT molecular complexity index is 477. The van der Waals surface area contributed by atoms with E-state index in [2.05, 4.69) is 41.9 Å². The first kappa shape index (κ1) is 16.5.